The van der Waals surface area contributed by atoms with Gasteiger partial charge in [0.15, 0.2) is 11.5 Å². The third kappa shape index (κ3) is 3.20. The van der Waals surface area contributed by atoms with E-state index >= 15 is 0 Å². The van der Waals surface area contributed by atoms with Gasteiger partial charge in [-0.15, -0.1) is 0 Å². The van der Waals surface area contributed by atoms with Crippen molar-refractivity contribution in [3.05, 3.63) is 46.2 Å². The molecule has 22 heavy (non-hydrogen) atoms. The topological polar surface area (TPSA) is 61.2 Å². The summed E-state index contributed by atoms with van der Waals surface area (Å²) in [6.07, 6.45) is 0.740. The van der Waals surface area contributed by atoms with Gasteiger partial charge in [-0.25, -0.2) is 9.48 Å². The van der Waals surface area contributed by atoms with Gasteiger partial charge >= 0.3 is 5.97 Å². The first-order chi connectivity index (χ1) is 10.5. The minimum absolute atomic E-state index is 0.212. The minimum atomic E-state index is -0.524. The maximum atomic E-state index is 12.1. The highest BCUT2D eigenvalue weighted by atomic mass is 35.5. The van der Waals surface area contributed by atoms with Gasteiger partial charge in [0.2, 0.25) is 0 Å². The van der Waals surface area contributed by atoms with Crippen LogP contribution in [-0.2, 0) is 11.2 Å². The van der Waals surface area contributed by atoms with Crippen LogP contribution in [-0.4, -0.2) is 28.1 Å². The number of hydrogen-bond acceptors (Lipinski definition) is 4. The summed E-state index contributed by atoms with van der Waals surface area (Å²) in [5.41, 5.74) is 2.06. The first kappa shape index (κ1) is 16.2. The molecule has 0 atom stereocenters. The first-order valence-electron chi connectivity index (χ1n) is 7.04. The lowest BCUT2D eigenvalue weighted by Gasteiger charge is -2.11. The summed E-state index contributed by atoms with van der Waals surface area (Å²) in [5, 5.41) is 4.77. The van der Waals surface area contributed by atoms with Gasteiger partial charge in [0.25, 0.3) is 0 Å². The van der Waals surface area contributed by atoms with Crippen molar-refractivity contribution in [1.82, 2.24) is 9.78 Å². The van der Waals surface area contributed by atoms with E-state index < -0.39 is 5.97 Å². The molecule has 0 spiro atoms. The van der Waals surface area contributed by atoms with Crippen LogP contribution >= 0.6 is 11.6 Å². The lowest BCUT2D eigenvalue weighted by atomic mass is 10.1. The summed E-state index contributed by atoms with van der Waals surface area (Å²) >= 11 is 6.06. The van der Waals surface area contributed by atoms with Crippen molar-refractivity contribution in [3.63, 3.8) is 0 Å². The van der Waals surface area contributed by atoms with Gasteiger partial charge in [0.05, 0.1) is 12.3 Å². The van der Waals surface area contributed by atoms with Crippen molar-refractivity contribution in [2.75, 3.05) is 6.61 Å². The second-order valence-corrected chi connectivity index (χ2v) is 5.17. The van der Waals surface area contributed by atoms with Gasteiger partial charge in [-0.1, -0.05) is 24.6 Å². The van der Waals surface area contributed by atoms with E-state index in [4.69, 9.17) is 16.3 Å². The van der Waals surface area contributed by atoms with Gasteiger partial charge < -0.3 is 4.74 Å². The molecule has 0 amide bonds. The molecule has 0 fully saturated rings. The van der Waals surface area contributed by atoms with Gasteiger partial charge in [0.1, 0.15) is 5.69 Å². The van der Waals surface area contributed by atoms with Crippen LogP contribution in [0.15, 0.2) is 24.3 Å². The number of carbonyl (C=O) groups excluding carboxylic acids is 2. The molecule has 5 nitrogen and oxygen atoms in total. The Hall–Kier alpha value is -2.14. The van der Waals surface area contributed by atoms with E-state index in [9.17, 15) is 9.59 Å². The molecule has 0 aliphatic heterocycles. The van der Waals surface area contributed by atoms with Crippen molar-refractivity contribution in [3.8, 4) is 5.69 Å². The van der Waals surface area contributed by atoms with E-state index in [0.717, 1.165) is 12.0 Å². The number of ketones is 1. The smallest absolute Gasteiger partial charge is 0.357 e. The van der Waals surface area contributed by atoms with E-state index in [-0.39, 0.29) is 23.8 Å². The third-order valence-corrected chi connectivity index (χ3v) is 3.45. The van der Waals surface area contributed by atoms with E-state index in [0.29, 0.717) is 10.7 Å². The molecule has 2 rings (SSSR count). The number of Topliss-reactive ketones (excluding diaryl/α,β-unsaturated/α-hetero) is 1. The Balaban J connectivity index is 2.65. The van der Waals surface area contributed by atoms with E-state index in [1.807, 2.05) is 13.0 Å². The predicted molar refractivity (Wildman–Crippen MR) is 83.9 cm³/mol. The molecule has 0 aliphatic rings. The zero-order valence-corrected chi connectivity index (χ0v) is 13.5. The Kier molecular flexibility index (Phi) is 4.98. The van der Waals surface area contributed by atoms with Gasteiger partial charge in [-0.3, -0.25) is 4.79 Å². The fraction of sp³-hybridized carbons (Fsp3) is 0.312. The summed E-state index contributed by atoms with van der Waals surface area (Å²) in [6, 6.07) is 6.83. The van der Waals surface area contributed by atoms with Crippen LogP contribution in [0.2, 0.25) is 5.02 Å². The average molecular weight is 321 g/mol. The standard InChI is InChI=1S/C16H17ClN2O3/c1-4-11-6-7-12(17)8-14(11)19-15(16(21)22-5-2)9-13(18-19)10(3)20/h6-9H,4-5H2,1-3H3. The highest BCUT2D eigenvalue weighted by Crippen LogP contribution is 2.23. The molecule has 0 unspecified atom stereocenters. The van der Waals surface area contributed by atoms with Gasteiger partial charge in [-0.05, 0) is 31.0 Å². The maximum Gasteiger partial charge on any atom is 0.357 e. The van der Waals surface area contributed by atoms with Crippen LogP contribution in [0.25, 0.3) is 5.69 Å². The van der Waals surface area contributed by atoms with E-state index in [1.54, 1.807) is 19.1 Å². The summed E-state index contributed by atoms with van der Waals surface area (Å²) < 4.78 is 6.47. The van der Waals surface area contributed by atoms with Crippen molar-refractivity contribution in [1.29, 1.82) is 0 Å². The van der Waals surface area contributed by atoms with Crippen molar-refractivity contribution in [2.24, 2.45) is 0 Å². The number of aromatic nitrogens is 2. The van der Waals surface area contributed by atoms with E-state index in [1.165, 1.54) is 17.7 Å². The van der Waals surface area contributed by atoms with Crippen LogP contribution in [0.4, 0.5) is 0 Å². The number of aryl methyl sites for hydroxylation is 1. The second kappa shape index (κ2) is 6.75. The second-order valence-electron chi connectivity index (χ2n) is 4.73. The number of carbonyl (C=O) groups is 2. The Morgan fingerprint density at radius 2 is 2.00 bits per heavy atom. The summed E-state index contributed by atoms with van der Waals surface area (Å²) in [4.78, 5) is 23.7. The Morgan fingerprint density at radius 1 is 1.27 bits per heavy atom. The lowest BCUT2D eigenvalue weighted by Crippen LogP contribution is -2.13. The van der Waals surface area contributed by atoms with Crippen molar-refractivity contribution in [2.45, 2.75) is 27.2 Å². The van der Waals surface area contributed by atoms with Crippen LogP contribution in [0.5, 0.6) is 0 Å². The summed E-state index contributed by atoms with van der Waals surface area (Å²) in [6.45, 7) is 5.36. The van der Waals surface area contributed by atoms with Crippen molar-refractivity contribution >= 4 is 23.4 Å². The normalized spacial score (nSPS) is 10.5. The molecule has 0 radical (unpaired) electrons. The average Bonchev–Trinajstić information content (AvgIpc) is 2.92. The molecule has 6 heteroatoms. The minimum Gasteiger partial charge on any atom is -0.461 e. The Bertz CT molecular complexity index is 722. The number of ether oxygens (including phenoxy) is 1. The van der Waals surface area contributed by atoms with Crippen LogP contribution < -0.4 is 0 Å². The van der Waals surface area contributed by atoms with Gasteiger partial charge in [-0.2, -0.15) is 5.10 Å². The number of halogens is 1. The summed E-state index contributed by atoms with van der Waals surface area (Å²) in [5.74, 6) is -0.742. The third-order valence-electron chi connectivity index (χ3n) is 3.21. The highest BCUT2D eigenvalue weighted by molar-refractivity contribution is 6.30. The lowest BCUT2D eigenvalue weighted by molar-refractivity contribution is 0.0515. The zero-order valence-electron chi connectivity index (χ0n) is 12.7. The quantitative estimate of drug-likeness (QED) is 0.625. The van der Waals surface area contributed by atoms with Gasteiger partial charge in [0, 0.05) is 18.0 Å². The molecule has 0 N–H and O–H groups in total. The molecule has 0 bridgehead atoms. The van der Waals surface area contributed by atoms with Crippen molar-refractivity contribution < 1.29 is 14.3 Å². The number of nitrogens with zero attached hydrogens (tertiary/aromatic N) is 2. The number of benzene rings is 1. The van der Waals surface area contributed by atoms with Crippen LogP contribution in [0.1, 0.15) is 47.3 Å². The molecule has 1 heterocycles. The zero-order chi connectivity index (χ0) is 16.3. The summed E-state index contributed by atoms with van der Waals surface area (Å²) in [7, 11) is 0. The molecular formula is C16H17ClN2O3. The van der Waals surface area contributed by atoms with Crippen LogP contribution in [0.3, 0.4) is 0 Å². The largest absolute Gasteiger partial charge is 0.461 e. The number of esters is 1. The van der Waals surface area contributed by atoms with E-state index in [2.05, 4.69) is 5.10 Å². The Labute approximate surface area is 133 Å². The molecular weight excluding hydrogens is 304 g/mol. The number of hydrogen-bond donors (Lipinski definition) is 0. The monoisotopic (exact) mass is 320 g/mol. The van der Waals surface area contributed by atoms with Crippen LogP contribution in [0, 0.1) is 0 Å². The highest BCUT2D eigenvalue weighted by Gasteiger charge is 2.21. The molecule has 0 aliphatic carbocycles. The molecule has 0 saturated carbocycles. The predicted octanol–water partition coefficient (Wildman–Crippen LogP) is 3.47. The fourth-order valence-corrected chi connectivity index (χ4v) is 2.29. The SMILES string of the molecule is CCOC(=O)c1cc(C(C)=O)nn1-c1cc(Cl)ccc1CC. The maximum absolute atomic E-state index is 12.1. The molecule has 2 aromatic rings. The first-order valence-corrected chi connectivity index (χ1v) is 7.42. The molecule has 1 aromatic carbocycles. The fourth-order valence-electron chi connectivity index (χ4n) is 2.12. The molecule has 1 aromatic heterocycles. The molecule has 0 saturated heterocycles. The Morgan fingerprint density at radius 3 is 2.59 bits per heavy atom. The number of rotatable bonds is 5. The molecule has 116 valence electrons.